The monoisotopic (exact) mass is 357 g/mol. The lowest BCUT2D eigenvalue weighted by molar-refractivity contribution is 0.168. The summed E-state index contributed by atoms with van der Waals surface area (Å²) in [5, 5.41) is 9.62. The molecule has 7 heteroatoms. The van der Waals surface area contributed by atoms with E-state index in [-0.39, 0.29) is 0 Å². The third-order valence-electron chi connectivity index (χ3n) is 4.21. The molecular formula is C18H23N5OS. The SMILES string of the molecule is CCC(C)N(Cc1ccncc1)Cc1ccc(Sc2nncn2C)o1. The quantitative estimate of drug-likeness (QED) is 0.612. The van der Waals surface area contributed by atoms with Crippen LogP contribution in [0.2, 0.25) is 0 Å². The van der Waals surface area contributed by atoms with Crippen LogP contribution < -0.4 is 0 Å². The Labute approximate surface area is 152 Å². The number of aryl methyl sites for hydroxylation is 1. The standard InChI is InChI=1S/C18H23N5OS/c1-4-14(2)23(11-15-7-9-19-10-8-15)12-16-5-6-17(24-16)25-18-21-20-13-22(18)3/h5-10,13-14H,4,11-12H2,1-3H3. The van der Waals surface area contributed by atoms with Crippen molar-refractivity contribution < 1.29 is 4.42 Å². The minimum atomic E-state index is 0.466. The largest absolute Gasteiger partial charge is 0.453 e. The van der Waals surface area contributed by atoms with E-state index >= 15 is 0 Å². The van der Waals surface area contributed by atoms with Crippen LogP contribution in [-0.2, 0) is 20.1 Å². The Bertz CT molecular complexity index is 786. The predicted octanol–water partition coefficient (Wildman–Crippen LogP) is 3.76. The summed E-state index contributed by atoms with van der Waals surface area (Å²) in [6.45, 7) is 6.11. The van der Waals surface area contributed by atoms with Crippen molar-refractivity contribution in [2.75, 3.05) is 0 Å². The first kappa shape index (κ1) is 17.7. The van der Waals surface area contributed by atoms with Crippen LogP contribution in [0.3, 0.4) is 0 Å². The Morgan fingerprint density at radius 1 is 1.20 bits per heavy atom. The number of furan rings is 1. The smallest absolute Gasteiger partial charge is 0.198 e. The van der Waals surface area contributed by atoms with E-state index in [1.165, 1.54) is 17.3 Å². The first-order chi connectivity index (χ1) is 12.2. The maximum absolute atomic E-state index is 6.00. The van der Waals surface area contributed by atoms with Gasteiger partial charge in [0, 0.05) is 32.0 Å². The van der Waals surface area contributed by atoms with Crippen LogP contribution in [-0.4, -0.2) is 30.7 Å². The van der Waals surface area contributed by atoms with E-state index in [1.54, 1.807) is 6.33 Å². The van der Waals surface area contributed by atoms with Crippen molar-refractivity contribution in [3.05, 3.63) is 54.3 Å². The number of hydrogen-bond donors (Lipinski definition) is 0. The van der Waals surface area contributed by atoms with Crippen molar-refractivity contribution in [2.45, 2.75) is 49.6 Å². The van der Waals surface area contributed by atoms with Gasteiger partial charge in [-0.05, 0) is 54.9 Å². The summed E-state index contributed by atoms with van der Waals surface area (Å²) in [7, 11) is 1.92. The zero-order valence-electron chi connectivity index (χ0n) is 14.8. The van der Waals surface area contributed by atoms with Crippen LogP contribution in [0.4, 0.5) is 0 Å². The predicted molar refractivity (Wildman–Crippen MR) is 97.1 cm³/mol. The normalized spacial score (nSPS) is 12.6. The summed E-state index contributed by atoms with van der Waals surface area (Å²) >= 11 is 1.48. The van der Waals surface area contributed by atoms with E-state index in [4.69, 9.17) is 4.42 Å². The minimum Gasteiger partial charge on any atom is -0.453 e. The molecule has 0 aromatic carbocycles. The second-order valence-corrected chi connectivity index (χ2v) is 7.04. The van der Waals surface area contributed by atoms with E-state index in [0.29, 0.717) is 6.04 Å². The third kappa shape index (κ3) is 4.70. The highest BCUT2D eigenvalue weighted by atomic mass is 32.2. The molecule has 0 aliphatic heterocycles. The highest BCUT2D eigenvalue weighted by molar-refractivity contribution is 7.99. The Hall–Kier alpha value is -2.12. The Kier molecular flexibility index (Phi) is 5.88. The number of aromatic nitrogens is 4. The average Bonchev–Trinajstić information content (AvgIpc) is 3.24. The van der Waals surface area contributed by atoms with Crippen molar-refractivity contribution in [1.29, 1.82) is 0 Å². The molecule has 1 unspecified atom stereocenters. The van der Waals surface area contributed by atoms with Gasteiger partial charge in [0.1, 0.15) is 12.1 Å². The zero-order chi connectivity index (χ0) is 17.6. The molecule has 1 atom stereocenters. The molecule has 132 valence electrons. The molecule has 0 amide bonds. The Morgan fingerprint density at radius 2 is 2.00 bits per heavy atom. The van der Waals surface area contributed by atoms with Gasteiger partial charge in [-0.25, -0.2) is 0 Å². The van der Waals surface area contributed by atoms with Gasteiger partial charge in [0.05, 0.1) is 6.54 Å². The molecule has 0 bridgehead atoms. The molecule has 0 aliphatic rings. The summed E-state index contributed by atoms with van der Waals surface area (Å²) in [4.78, 5) is 6.52. The maximum Gasteiger partial charge on any atom is 0.198 e. The van der Waals surface area contributed by atoms with Gasteiger partial charge in [-0.15, -0.1) is 10.2 Å². The zero-order valence-corrected chi connectivity index (χ0v) is 15.6. The molecule has 0 fully saturated rings. The lowest BCUT2D eigenvalue weighted by atomic mass is 10.1. The topological polar surface area (TPSA) is 60.0 Å². The van der Waals surface area contributed by atoms with Gasteiger partial charge in [-0.2, -0.15) is 0 Å². The lowest BCUT2D eigenvalue weighted by Gasteiger charge is -2.27. The molecule has 3 heterocycles. The van der Waals surface area contributed by atoms with Crippen LogP contribution in [0.5, 0.6) is 0 Å². The molecule has 0 N–H and O–H groups in total. The molecule has 3 rings (SSSR count). The fourth-order valence-corrected chi connectivity index (χ4v) is 3.25. The third-order valence-corrected chi connectivity index (χ3v) is 5.18. The Balaban J connectivity index is 1.68. The molecular weight excluding hydrogens is 334 g/mol. The van der Waals surface area contributed by atoms with Crippen LogP contribution in [0.15, 0.2) is 57.7 Å². The molecule has 3 aromatic rings. The van der Waals surface area contributed by atoms with Crippen LogP contribution in [0, 0.1) is 0 Å². The minimum absolute atomic E-state index is 0.466. The molecule has 6 nitrogen and oxygen atoms in total. The van der Waals surface area contributed by atoms with Crippen LogP contribution in [0.1, 0.15) is 31.6 Å². The molecule has 0 saturated carbocycles. The summed E-state index contributed by atoms with van der Waals surface area (Å²) in [5.41, 5.74) is 1.26. The van der Waals surface area contributed by atoms with Gasteiger partial charge >= 0.3 is 0 Å². The van der Waals surface area contributed by atoms with Crippen LogP contribution >= 0.6 is 11.8 Å². The van der Waals surface area contributed by atoms with Crippen molar-refractivity contribution >= 4 is 11.8 Å². The molecule has 25 heavy (non-hydrogen) atoms. The van der Waals surface area contributed by atoms with E-state index in [1.807, 2.05) is 36.1 Å². The van der Waals surface area contributed by atoms with Crippen molar-refractivity contribution in [2.24, 2.45) is 7.05 Å². The molecule has 3 aromatic heterocycles. The molecule has 0 spiro atoms. The van der Waals surface area contributed by atoms with Gasteiger partial charge in [0.2, 0.25) is 0 Å². The highest BCUT2D eigenvalue weighted by Gasteiger charge is 2.16. The van der Waals surface area contributed by atoms with Gasteiger partial charge in [0.15, 0.2) is 10.2 Å². The molecule has 0 aliphatic carbocycles. The highest BCUT2D eigenvalue weighted by Crippen LogP contribution is 2.28. The van der Waals surface area contributed by atoms with E-state index in [9.17, 15) is 0 Å². The summed E-state index contributed by atoms with van der Waals surface area (Å²) in [6.07, 6.45) is 6.46. The van der Waals surface area contributed by atoms with Gasteiger partial charge in [-0.1, -0.05) is 6.92 Å². The number of nitrogens with zero attached hydrogens (tertiary/aromatic N) is 5. The second kappa shape index (κ2) is 8.31. The first-order valence-corrected chi connectivity index (χ1v) is 9.21. The number of pyridine rings is 1. The summed E-state index contributed by atoms with van der Waals surface area (Å²) in [5.74, 6) is 0.957. The summed E-state index contributed by atoms with van der Waals surface area (Å²) < 4.78 is 7.88. The first-order valence-electron chi connectivity index (χ1n) is 8.39. The second-order valence-electron chi connectivity index (χ2n) is 6.06. The average molecular weight is 357 g/mol. The van der Waals surface area contributed by atoms with Gasteiger partial charge < -0.3 is 8.98 Å². The summed E-state index contributed by atoms with van der Waals surface area (Å²) in [6, 6.07) is 8.63. The van der Waals surface area contributed by atoms with E-state index in [0.717, 1.165) is 35.5 Å². The van der Waals surface area contributed by atoms with E-state index < -0.39 is 0 Å². The van der Waals surface area contributed by atoms with E-state index in [2.05, 4.69) is 46.1 Å². The van der Waals surface area contributed by atoms with Crippen molar-refractivity contribution in [3.63, 3.8) is 0 Å². The van der Waals surface area contributed by atoms with Gasteiger partial charge in [-0.3, -0.25) is 9.88 Å². The Morgan fingerprint density at radius 3 is 2.68 bits per heavy atom. The van der Waals surface area contributed by atoms with Crippen molar-refractivity contribution in [3.8, 4) is 0 Å². The number of rotatable bonds is 8. The fraction of sp³-hybridized carbons (Fsp3) is 0.389. The number of hydrogen-bond acceptors (Lipinski definition) is 6. The lowest BCUT2D eigenvalue weighted by Crippen LogP contribution is -2.31. The molecule has 0 saturated heterocycles. The van der Waals surface area contributed by atoms with Gasteiger partial charge in [0.25, 0.3) is 0 Å². The fourth-order valence-electron chi connectivity index (χ4n) is 2.50. The van der Waals surface area contributed by atoms with Crippen LogP contribution in [0.25, 0.3) is 0 Å². The van der Waals surface area contributed by atoms with Crippen molar-refractivity contribution in [1.82, 2.24) is 24.6 Å². The molecule has 0 radical (unpaired) electrons. The maximum atomic E-state index is 6.00.